The lowest BCUT2D eigenvalue weighted by molar-refractivity contribution is -0.136. The Kier molecular flexibility index (Phi) is 4.29. The van der Waals surface area contributed by atoms with Crippen LogP contribution in [0.1, 0.15) is 6.42 Å². The Morgan fingerprint density at radius 2 is 1.90 bits per heavy atom. The Balaban J connectivity index is 1.93. The monoisotopic (exact) mass is 316 g/mol. The zero-order chi connectivity index (χ0) is 14.8. The molecule has 0 radical (unpaired) electrons. The molecule has 8 heteroatoms. The predicted molar refractivity (Wildman–Crippen MR) is 75.3 cm³/mol. The number of carbonyl (C=O) groups is 2. The van der Waals surface area contributed by atoms with Crippen molar-refractivity contribution < 1.29 is 18.0 Å². The van der Waals surface area contributed by atoms with Crippen LogP contribution >= 0.6 is 11.6 Å². The van der Waals surface area contributed by atoms with Crippen molar-refractivity contribution >= 4 is 38.9 Å². The summed E-state index contributed by atoms with van der Waals surface area (Å²) < 4.78 is 22.5. The molecule has 2 N–H and O–H groups in total. The largest absolute Gasteiger partial charge is 0.344 e. The van der Waals surface area contributed by atoms with Gasteiger partial charge in [-0.1, -0.05) is 23.7 Å². The van der Waals surface area contributed by atoms with E-state index < -0.39 is 27.7 Å². The second-order valence-corrected chi connectivity index (χ2v) is 7.14. The van der Waals surface area contributed by atoms with Gasteiger partial charge in [-0.25, -0.2) is 8.42 Å². The molecule has 0 saturated carbocycles. The van der Waals surface area contributed by atoms with Crippen molar-refractivity contribution in [3.05, 3.63) is 29.3 Å². The number of rotatable bonds is 2. The standard InChI is InChI=1S/C12H13ClN2O4S/c13-9-3-1-2-4-10(9)15-12(17)11(16)14-8-5-6-20(18,19)7-8/h1-4,8H,5-7H2,(H,14,16)(H,15,17). The number of amides is 2. The van der Waals surface area contributed by atoms with Crippen LogP contribution in [0, 0.1) is 0 Å². The second kappa shape index (κ2) is 5.80. The Morgan fingerprint density at radius 1 is 1.20 bits per heavy atom. The Hall–Kier alpha value is -1.60. The molecule has 1 aliphatic heterocycles. The molecule has 0 aliphatic carbocycles. The van der Waals surface area contributed by atoms with Crippen LogP contribution in [-0.2, 0) is 19.4 Å². The van der Waals surface area contributed by atoms with Crippen LogP contribution < -0.4 is 10.6 Å². The van der Waals surface area contributed by atoms with Gasteiger partial charge < -0.3 is 10.6 Å². The van der Waals surface area contributed by atoms with Crippen LogP contribution in [0.15, 0.2) is 24.3 Å². The number of halogens is 1. The fourth-order valence-electron chi connectivity index (χ4n) is 1.90. The minimum absolute atomic E-state index is 0.0318. The van der Waals surface area contributed by atoms with Crippen molar-refractivity contribution in [2.24, 2.45) is 0 Å². The molecule has 1 aliphatic rings. The third kappa shape index (κ3) is 3.71. The van der Waals surface area contributed by atoms with Gasteiger partial charge in [-0.05, 0) is 18.6 Å². The first-order valence-electron chi connectivity index (χ1n) is 5.94. The van der Waals surface area contributed by atoms with Crippen LogP contribution in [0.25, 0.3) is 0 Å². The predicted octanol–water partition coefficient (Wildman–Crippen LogP) is 0.582. The van der Waals surface area contributed by atoms with E-state index in [1.165, 1.54) is 0 Å². The van der Waals surface area contributed by atoms with E-state index in [2.05, 4.69) is 10.6 Å². The minimum Gasteiger partial charge on any atom is -0.344 e. The first kappa shape index (κ1) is 14.8. The van der Waals surface area contributed by atoms with E-state index in [0.717, 1.165) is 0 Å². The number of carbonyl (C=O) groups excluding carboxylic acids is 2. The van der Waals surface area contributed by atoms with Crippen molar-refractivity contribution in [3.63, 3.8) is 0 Å². The molecule has 1 saturated heterocycles. The van der Waals surface area contributed by atoms with Crippen LogP contribution in [-0.4, -0.2) is 37.8 Å². The number of hydrogen-bond donors (Lipinski definition) is 2. The Labute approximate surface area is 121 Å². The van der Waals surface area contributed by atoms with Crippen molar-refractivity contribution in [1.29, 1.82) is 0 Å². The lowest BCUT2D eigenvalue weighted by Crippen LogP contribution is -2.42. The summed E-state index contributed by atoms with van der Waals surface area (Å²) in [5.74, 6) is -1.84. The Bertz CT molecular complexity index is 645. The highest BCUT2D eigenvalue weighted by Gasteiger charge is 2.30. The van der Waals surface area contributed by atoms with Crippen molar-refractivity contribution in [1.82, 2.24) is 5.32 Å². The van der Waals surface area contributed by atoms with Crippen LogP contribution in [0.2, 0.25) is 5.02 Å². The van der Waals surface area contributed by atoms with Gasteiger partial charge in [0.15, 0.2) is 9.84 Å². The highest BCUT2D eigenvalue weighted by Crippen LogP contribution is 2.20. The molecular formula is C12H13ClN2O4S. The molecule has 6 nitrogen and oxygen atoms in total. The third-order valence-corrected chi connectivity index (χ3v) is 4.99. The molecule has 1 aromatic rings. The number of benzene rings is 1. The molecule has 1 atom stereocenters. The van der Waals surface area contributed by atoms with Gasteiger partial charge in [-0.15, -0.1) is 0 Å². The Morgan fingerprint density at radius 3 is 2.50 bits per heavy atom. The van der Waals surface area contributed by atoms with E-state index in [4.69, 9.17) is 11.6 Å². The highest BCUT2D eigenvalue weighted by atomic mass is 35.5. The van der Waals surface area contributed by atoms with Gasteiger partial charge in [0, 0.05) is 6.04 Å². The number of anilines is 1. The summed E-state index contributed by atoms with van der Waals surface area (Å²) in [5.41, 5.74) is 0.327. The molecule has 20 heavy (non-hydrogen) atoms. The average molecular weight is 317 g/mol. The van der Waals surface area contributed by atoms with Crippen LogP contribution in [0.4, 0.5) is 5.69 Å². The smallest absolute Gasteiger partial charge is 0.313 e. The van der Waals surface area contributed by atoms with Crippen LogP contribution in [0.5, 0.6) is 0 Å². The number of hydrogen-bond acceptors (Lipinski definition) is 4. The molecule has 0 aromatic heterocycles. The molecule has 1 unspecified atom stereocenters. The quantitative estimate of drug-likeness (QED) is 0.781. The summed E-state index contributed by atoms with van der Waals surface area (Å²) in [6.45, 7) is 0. The van der Waals surface area contributed by atoms with E-state index in [1.807, 2.05) is 0 Å². The molecule has 2 amide bonds. The molecule has 0 bridgehead atoms. The van der Waals surface area contributed by atoms with E-state index >= 15 is 0 Å². The highest BCUT2D eigenvalue weighted by molar-refractivity contribution is 7.91. The third-order valence-electron chi connectivity index (χ3n) is 2.90. The molecule has 108 valence electrons. The summed E-state index contributed by atoms with van der Waals surface area (Å²) in [5, 5.41) is 5.09. The molecular weight excluding hydrogens is 304 g/mol. The normalized spacial score (nSPS) is 20.4. The number of nitrogens with one attached hydrogen (secondary N) is 2. The SMILES string of the molecule is O=C(Nc1ccccc1Cl)C(=O)NC1CCS(=O)(=O)C1. The second-order valence-electron chi connectivity index (χ2n) is 4.51. The van der Waals surface area contributed by atoms with E-state index in [1.54, 1.807) is 24.3 Å². The fourth-order valence-corrected chi connectivity index (χ4v) is 3.76. The molecule has 1 fully saturated rings. The molecule has 0 spiro atoms. The summed E-state index contributed by atoms with van der Waals surface area (Å²) in [6, 6.07) is 6.00. The summed E-state index contributed by atoms with van der Waals surface area (Å²) in [6.07, 6.45) is 0.327. The maximum atomic E-state index is 11.7. The maximum Gasteiger partial charge on any atom is 0.313 e. The zero-order valence-corrected chi connectivity index (χ0v) is 12.0. The maximum absolute atomic E-state index is 11.7. The zero-order valence-electron chi connectivity index (χ0n) is 10.4. The van der Waals surface area contributed by atoms with Crippen LogP contribution in [0.3, 0.4) is 0 Å². The summed E-state index contributed by atoms with van der Waals surface area (Å²) in [7, 11) is -3.10. The molecule has 1 aromatic carbocycles. The van der Waals surface area contributed by atoms with E-state index in [9.17, 15) is 18.0 Å². The molecule has 1 heterocycles. The fraction of sp³-hybridized carbons (Fsp3) is 0.333. The van der Waals surface area contributed by atoms with Crippen molar-refractivity contribution in [3.8, 4) is 0 Å². The van der Waals surface area contributed by atoms with Gasteiger partial charge in [0.05, 0.1) is 22.2 Å². The number of sulfone groups is 1. The lowest BCUT2D eigenvalue weighted by atomic mass is 10.2. The van der Waals surface area contributed by atoms with Gasteiger partial charge >= 0.3 is 11.8 Å². The average Bonchev–Trinajstić information content (AvgIpc) is 2.71. The first-order chi connectivity index (χ1) is 9.37. The van der Waals surface area contributed by atoms with Gasteiger partial charge in [-0.2, -0.15) is 0 Å². The van der Waals surface area contributed by atoms with Crippen molar-refractivity contribution in [2.75, 3.05) is 16.8 Å². The van der Waals surface area contributed by atoms with Gasteiger partial charge in [0.25, 0.3) is 0 Å². The summed E-state index contributed by atoms with van der Waals surface area (Å²) >= 11 is 5.85. The van der Waals surface area contributed by atoms with Gasteiger partial charge in [-0.3, -0.25) is 9.59 Å². The van der Waals surface area contributed by atoms with Gasteiger partial charge in [0.2, 0.25) is 0 Å². The molecule has 2 rings (SSSR count). The number of para-hydroxylation sites is 1. The minimum atomic E-state index is -3.10. The topological polar surface area (TPSA) is 92.3 Å². The first-order valence-corrected chi connectivity index (χ1v) is 8.14. The van der Waals surface area contributed by atoms with Gasteiger partial charge in [0.1, 0.15) is 0 Å². The lowest BCUT2D eigenvalue weighted by Gasteiger charge is -2.11. The van der Waals surface area contributed by atoms with E-state index in [0.29, 0.717) is 17.1 Å². The van der Waals surface area contributed by atoms with E-state index in [-0.39, 0.29) is 11.5 Å². The van der Waals surface area contributed by atoms with Crippen molar-refractivity contribution in [2.45, 2.75) is 12.5 Å². The summed E-state index contributed by atoms with van der Waals surface area (Å²) in [4.78, 5) is 23.3.